The molecule has 2 atom stereocenters. The van der Waals surface area contributed by atoms with Crippen molar-refractivity contribution < 1.29 is 0 Å². The SMILES string of the molecule is CC(N)C(c1ccsc1)N(C)CCN1CCCC1. The Kier molecular flexibility index (Phi) is 5.18. The molecule has 0 saturated carbocycles. The quantitative estimate of drug-likeness (QED) is 0.857. The van der Waals surface area contributed by atoms with E-state index in [0.717, 1.165) is 6.54 Å². The third kappa shape index (κ3) is 3.54. The van der Waals surface area contributed by atoms with Gasteiger partial charge in [-0.15, -0.1) is 0 Å². The molecule has 2 unspecified atom stereocenters. The van der Waals surface area contributed by atoms with Crippen LogP contribution in [0.4, 0.5) is 0 Å². The highest BCUT2D eigenvalue weighted by atomic mass is 32.1. The minimum atomic E-state index is 0.170. The highest BCUT2D eigenvalue weighted by Crippen LogP contribution is 2.24. The minimum absolute atomic E-state index is 0.170. The molecule has 2 rings (SSSR count). The summed E-state index contributed by atoms with van der Waals surface area (Å²) in [4.78, 5) is 4.97. The van der Waals surface area contributed by atoms with E-state index in [1.54, 1.807) is 11.3 Å². The molecule has 102 valence electrons. The summed E-state index contributed by atoms with van der Waals surface area (Å²) >= 11 is 1.75. The third-order valence-corrected chi connectivity index (χ3v) is 4.53. The molecule has 3 nitrogen and oxygen atoms in total. The Morgan fingerprint density at radius 3 is 2.72 bits per heavy atom. The molecule has 1 aromatic rings. The van der Waals surface area contributed by atoms with Crippen LogP contribution in [0.5, 0.6) is 0 Å². The van der Waals surface area contributed by atoms with Crippen LogP contribution in [0.15, 0.2) is 16.8 Å². The lowest BCUT2D eigenvalue weighted by Gasteiger charge is -2.32. The Balaban J connectivity index is 1.89. The molecule has 1 aliphatic heterocycles. The van der Waals surface area contributed by atoms with Crippen molar-refractivity contribution in [2.45, 2.75) is 31.8 Å². The number of nitrogens with zero attached hydrogens (tertiary/aromatic N) is 2. The summed E-state index contributed by atoms with van der Waals surface area (Å²) in [5.41, 5.74) is 7.52. The van der Waals surface area contributed by atoms with Gasteiger partial charge in [0.15, 0.2) is 0 Å². The summed E-state index contributed by atoms with van der Waals surface area (Å²) in [5.74, 6) is 0. The molecule has 0 bridgehead atoms. The van der Waals surface area contributed by atoms with Crippen LogP contribution in [-0.4, -0.2) is 49.1 Å². The molecule has 4 heteroatoms. The van der Waals surface area contributed by atoms with Gasteiger partial charge in [0.2, 0.25) is 0 Å². The topological polar surface area (TPSA) is 32.5 Å². The van der Waals surface area contributed by atoms with Gasteiger partial charge in [0, 0.05) is 19.1 Å². The van der Waals surface area contributed by atoms with Crippen molar-refractivity contribution in [1.29, 1.82) is 0 Å². The van der Waals surface area contributed by atoms with Crippen LogP contribution in [0.1, 0.15) is 31.4 Å². The predicted molar refractivity (Wildman–Crippen MR) is 79.0 cm³/mol. The molecule has 0 radical (unpaired) electrons. The first-order valence-electron chi connectivity index (χ1n) is 6.89. The lowest BCUT2D eigenvalue weighted by molar-refractivity contribution is 0.189. The number of rotatable bonds is 6. The number of thiophene rings is 1. The summed E-state index contributed by atoms with van der Waals surface area (Å²) in [6.45, 7) is 6.92. The van der Waals surface area contributed by atoms with E-state index in [2.05, 4.69) is 40.6 Å². The first-order chi connectivity index (χ1) is 8.68. The van der Waals surface area contributed by atoms with Crippen LogP contribution in [0.3, 0.4) is 0 Å². The molecule has 0 spiro atoms. The molecular formula is C14H25N3S. The van der Waals surface area contributed by atoms with Crippen molar-refractivity contribution in [2.75, 3.05) is 33.2 Å². The van der Waals surface area contributed by atoms with Crippen molar-refractivity contribution in [2.24, 2.45) is 5.73 Å². The molecule has 18 heavy (non-hydrogen) atoms. The first-order valence-corrected chi connectivity index (χ1v) is 7.83. The second-order valence-electron chi connectivity index (χ2n) is 5.39. The first kappa shape index (κ1) is 14.0. The van der Waals surface area contributed by atoms with Crippen LogP contribution in [0.2, 0.25) is 0 Å². The van der Waals surface area contributed by atoms with E-state index < -0.39 is 0 Å². The summed E-state index contributed by atoms with van der Waals surface area (Å²) in [7, 11) is 2.20. The van der Waals surface area contributed by atoms with Gasteiger partial charge in [-0.3, -0.25) is 4.90 Å². The van der Waals surface area contributed by atoms with E-state index in [4.69, 9.17) is 5.73 Å². The fourth-order valence-corrected chi connectivity index (χ4v) is 3.54. The normalized spacial score (nSPS) is 20.4. The Labute approximate surface area is 115 Å². The average Bonchev–Trinajstić information content (AvgIpc) is 2.99. The van der Waals surface area contributed by atoms with Gasteiger partial charge in [-0.1, -0.05) is 0 Å². The molecule has 0 aliphatic carbocycles. The largest absolute Gasteiger partial charge is 0.326 e. The highest BCUT2D eigenvalue weighted by molar-refractivity contribution is 7.07. The summed E-state index contributed by atoms with van der Waals surface area (Å²) < 4.78 is 0. The summed E-state index contributed by atoms with van der Waals surface area (Å²) in [6.07, 6.45) is 2.73. The van der Waals surface area contributed by atoms with E-state index >= 15 is 0 Å². The van der Waals surface area contributed by atoms with Crippen LogP contribution in [-0.2, 0) is 0 Å². The van der Waals surface area contributed by atoms with Gasteiger partial charge in [-0.25, -0.2) is 0 Å². The van der Waals surface area contributed by atoms with Crippen molar-refractivity contribution in [1.82, 2.24) is 9.80 Å². The van der Waals surface area contributed by atoms with E-state index in [1.165, 1.54) is 38.0 Å². The number of nitrogens with two attached hydrogens (primary N) is 1. The van der Waals surface area contributed by atoms with E-state index in [1.807, 2.05) is 0 Å². The van der Waals surface area contributed by atoms with Crippen molar-refractivity contribution in [3.8, 4) is 0 Å². The van der Waals surface area contributed by atoms with Crippen LogP contribution >= 0.6 is 11.3 Å². The predicted octanol–water partition coefficient (Wildman–Crippen LogP) is 2.16. The monoisotopic (exact) mass is 267 g/mol. The molecular weight excluding hydrogens is 242 g/mol. The maximum atomic E-state index is 6.16. The van der Waals surface area contributed by atoms with Gasteiger partial charge < -0.3 is 10.6 Å². The van der Waals surface area contributed by atoms with Gasteiger partial charge in [-0.2, -0.15) is 11.3 Å². The third-order valence-electron chi connectivity index (χ3n) is 3.83. The highest BCUT2D eigenvalue weighted by Gasteiger charge is 2.22. The summed E-state index contributed by atoms with van der Waals surface area (Å²) in [5, 5.41) is 4.36. The molecule has 2 heterocycles. The van der Waals surface area contributed by atoms with E-state index in [0.29, 0.717) is 6.04 Å². The Morgan fingerprint density at radius 2 is 2.17 bits per heavy atom. The van der Waals surface area contributed by atoms with Crippen molar-refractivity contribution >= 4 is 11.3 Å². The van der Waals surface area contributed by atoms with Gasteiger partial charge in [-0.05, 0) is 62.3 Å². The molecule has 1 aliphatic rings. The number of hydrogen-bond donors (Lipinski definition) is 1. The smallest absolute Gasteiger partial charge is 0.0502 e. The number of hydrogen-bond acceptors (Lipinski definition) is 4. The Hall–Kier alpha value is -0.420. The minimum Gasteiger partial charge on any atom is -0.326 e. The maximum Gasteiger partial charge on any atom is 0.0502 e. The lowest BCUT2D eigenvalue weighted by atomic mass is 10.0. The van der Waals surface area contributed by atoms with Gasteiger partial charge >= 0.3 is 0 Å². The van der Waals surface area contributed by atoms with E-state index in [-0.39, 0.29) is 6.04 Å². The average molecular weight is 267 g/mol. The van der Waals surface area contributed by atoms with Crippen molar-refractivity contribution in [3.05, 3.63) is 22.4 Å². The maximum absolute atomic E-state index is 6.16. The fourth-order valence-electron chi connectivity index (χ4n) is 2.85. The van der Waals surface area contributed by atoms with Gasteiger partial charge in [0.25, 0.3) is 0 Å². The number of likely N-dealkylation sites (N-methyl/N-ethyl adjacent to an activating group) is 1. The standard InChI is InChI=1S/C14H25N3S/c1-12(15)14(13-5-10-18-11-13)16(2)8-9-17-6-3-4-7-17/h5,10-12,14H,3-4,6-9,15H2,1-2H3. The molecule has 0 amide bonds. The Bertz CT molecular complexity index is 331. The zero-order chi connectivity index (χ0) is 13.0. The second-order valence-corrected chi connectivity index (χ2v) is 6.17. The van der Waals surface area contributed by atoms with Gasteiger partial charge in [0.05, 0.1) is 6.04 Å². The van der Waals surface area contributed by atoms with Crippen molar-refractivity contribution in [3.63, 3.8) is 0 Å². The molecule has 0 aromatic carbocycles. The second kappa shape index (κ2) is 6.66. The molecule has 2 N–H and O–H groups in total. The van der Waals surface area contributed by atoms with Crippen LogP contribution in [0.25, 0.3) is 0 Å². The molecule has 1 saturated heterocycles. The van der Waals surface area contributed by atoms with Crippen LogP contribution < -0.4 is 5.73 Å². The molecule has 1 aromatic heterocycles. The fraction of sp³-hybridized carbons (Fsp3) is 0.714. The summed E-state index contributed by atoms with van der Waals surface area (Å²) in [6, 6.07) is 2.72. The van der Waals surface area contributed by atoms with Crippen LogP contribution in [0, 0.1) is 0 Å². The zero-order valence-corrected chi connectivity index (χ0v) is 12.3. The lowest BCUT2D eigenvalue weighted by Crippen LogP contribution is -2.40. The van der Waals surface area contributed by atoms with E-state index in [9.17, 15) is 0 Å². The molecule has 1 fully saturated rings. The van der Waals surface area contributed by atoms with Gasteiger partial charge in [0.1, 0.15) is 0 Å². The zero-order valence-electron chi connectivity index (χ0n) is 11.5. The Morgan fingerprint density at radius 1 is 1.44 bits per heavy atom. The number of likely N-dealkylation sites (tertiary alicyclic amines) is 1.